The van der Waals surface area contributed by atoms with Crippen LogP contribution in [0.1, 0.15) is 0 Å². The molecule has 0 atom stereocenters. The van der Waals surface area contributed by atoms with Crippen LogP contribution in [0.4, 0.5) is 10.5 Å². The predicted molar refractivity (Wildman–Crippen MR) is 69.5 cm³/mol. The molecule has 2 rings (SSSR count). The maximum atomic E-state index is 11.2. The van der Waals surface area contributed by atoms with Crippen molar-refractivity contribution in [2.75, 3.05) is 18.5 Å². The Bertz CT molecular complexity index is 529. The largest absolute Gasteiger partial charge is 0.447 e. The number of nitrogens with one attached hydrogen (secondary N) is 1. The highest BCUT2D eigenvalue weighted by Crippen LogP contribution is 2.14. The summed E-state index contributed by atoms with van der Waals surface area (Å²) in [6.45, 7) is -0.258. The van der Waals surface area contributed by atoms with Gasteiger partial charge in [0.25, 0.3) is 0 Å². The average Bonchev–Trinajstić information content (AvgIpc) is 2.47. The van der Waals surface area contributed by atoms with Gasteiger partial charge in [-0.25, -0.2) is 14.8 Å². The Balaban J connectivity index is 2.01. The number of aliphatic hydroxyl groups is 1. The van der Waals surface area contributed by atoms with Gasteiger partial charge in [-0.05, 0) is 0 Å². The number of benzene rings is 1. The molecule has 2 N–H and O–H groups in total. The first-order chi connectivity index (χ1) is 9.29. The second-order valence-corrected chi connectivity index (χ2v) is 3.65. The second-order valence-electron chi connectivity index (χ2n) is 3.65. The van der Waals surface area contributed by atoms with Crippen molar-refractivity contribution in [2.45, 2.75) is 0 Å². The van der Waals surface area contributed by atoms with Crippen molar-refractivity contribution in [3.05, 3.63) is 42.7 Å². The molecule has 6 heteroatoms. The molecular weight excluding hydrogens is 246 g/mol. The quantitative estimate of drug-likeness (QED) is 0.872. The molecule has 1 heterocycles. The standard InChI is InChI=1S/C13H13N3O3/c17-6-7-19-13(18)16-11-8-14-12(15-9-11)10-4-2-1-3-5-10/h1-5,8-9,17H,6-7H2,(H,16,18). The van der Waals surface area contributed by atoms with Crippen molar-refractivity contribution in [3.8, 4) is 11.4 Å². The molecule has 0 aliphatic carbocycles. The molecule has 0 aliphatic heterocycles. The summed E-state index contributed by atoms with van der Waals surface area (Å²) in [5.41, 5.74) is 1.33. The molecule has 0 bridgehead atoms. The van der Waals surface area contributed by atoms with Crippen molar-refractivity contribution in [2.24, 2.45) is 0 Å². The third-order valence-electron chi connectivity index (χ3n) is 2.25. The molecule has 1 amide bonds. The lowest BCUT2D eigenvalue weighted by Gasteiger charge is -2.05. The fourth-order valence-corrected chi connectivity index (χ4v) is 1.42. The first-order valence-electron chi connectivity index (χ1n) is 5.71. The number of carbonyl (C=O) groups is 1. The summed E-state index contributed by atoms with van der Waals surface area (Å²) in [5, 5.41) is 11.0. The summed E-state index contributed by atoms with van der Waals surface area (Å²) in [7, 11) is 0. The Morgan fingerprint density at radius 2 is 1.89 bits per heavy atom. The van der Waals surface area contributed by atoms with E-state index in [1.807, 2.05) is 30.3 Å². The van der Waals surface area contributed by atoms with Gasteiger partial charge in [0.2, 0.25) is 0 Å². The Hall–Kier alpha value is -2.47. The molecule has 19 heavy (non-hydrogen) atoms. The van der Waals surface area contributed by atoms with E-state index in [4.69, 9.17) is 5.11 Å². The molecule has 0 saturated heterocycles. The SMILES string of the molecule is O=C(Nc1cnc(-c2ccccc2)nc1)OCCO. The molecule has 0 spiro atoms. The van der Waals surface area contributed by atoms with Crippen LogP contribution >= 0.6 is 0 Å². The van der Waals surface area contributed by atoms with Gasteiger partial charge in [-0.1, -0.05) is 30.3 Å². The Kier molecular flexibility index (Phi) is 4.41. The zero-order valence-electron chi connectivity index (χ0n) is 10.1. The Labute approximate surface area is 110 Å². The molecule has 0 unspecified atom stereocenters. The lowest BCUT2D eigenvalue weighted by molar-refractivity contribution is 0.131. The van der Waals surface area contributed by atoms with Gasteiger partial charge >= 0.3 is 6.09 Å². The van der Waals surface area contributed by atoms with Crippen LogP contribution in [-0.2, 0) is 4.74 Å². The van der Waals surface area contributed by atoms with Crippen LogP contribution in [0.15, 0.2) is 42.7 Å². The van der Waals surface area contributed by atoms with Crippen LogP contribution in [0.5, 0.6) is 0 Å². The van der Waals surface area contributed by atoms with Gasteiger partial charge in [0.15, 0.2) is 5.82 Å². The fourth-order valence-electron chi connectivity index (χ4n) is 1.42. The maximum absolute atomic E-state index is 11.2. The van der Waals surface area contributed by atoms with Gasteiger partial charge in [0, 0.05) is 5.56 Å². The molecule has 1 aromatic heterocycles. The minimum absolute atomic E-state index is 0.0468. The van der Waals surface area contributed by atoms with E-state index >= 15 is 0 Å². The minimum Gasteiger partial charge on any atom is -0.447 e. The van der Waals surface area contributed by atoms with Gasteiger partial charge < -0.3 is 9.84 Å². The molecule has 6 nitrogen and oxygen atoms in total. The smallest absolute Gasteiger partial charge is 0.411 e. The van der Waals surface area contributed by atoms with E-state index in [-0.39, 0.29) is 13.2 Å². The van der Waals surface area contributed by atoms with E-state index in [1.165, 1.54) is 12.4 Å². The fraction of sp³-hybridized carbons (Fsp3) is 0.154. The van der Waals surface area contributed by atoms with Crippen molar-refractivity contribution in [1.82, 2.24) is 9.97 Å². The van der Waals surface area contributed by atoms with Crippen molar-refractivity contribution in [1.29, 1.82) is 0 Å². The highest BCUT2D eigenvalue weighted by molar-refractivity contribution is 5.84. The van der Waals surface area contributed by atoms with Crippen molar-refractivity contribution < 1.29 is 14.6 Å². The average molecular weight is 259 g/mol. The number of ether oxygens (including phenoxy) is 1. The predicted octanol–water partition coefficient (Wildman–Crippen LogP) is 1.68. The van der Waals surface area contributed by atoms with Crippen LogP contribution < -0.4 is 5.32 Å². The number of anilines is 1. The molecule has 2 aromatic rings. The van der Waals surface area contributed by atoms with E-state index in [2.05, 4.69) is 20.0 Å². The number of aliphatic hydroxyl groups excluding tert-OH is 1. The first-order valence-corrected chi connectivity index (χ1v) is 5.71. The van der Waals surface area contributed by atoms with Gasteiger partial charge in [0.05, 0.1) is 24.7 Å². The van der Waals surface area contributed by atoms with Crippen molar-refractivity contribution in [3.63, 3.8) is 0 Å². The highest BCUT2D eigenvalue weighted by atomic mass is 16.6. The molecule has 0 radical (unpaired) electrons. The van der Waals surface area contributed by atoms with Crippen LogP contribution in [0.3, 0.4) is 0 Å². The Morgan fingerprint density at radius 3 is 2.53 bits per heavy atom. The molecule has 1 aromatic carbocycles. The van der Waals surface area contributed by atoms with Crippen LogP contribution in [0, 0.1) is 0 Å². The number of rotatable bonds is 4. The van der Waals surface area contributed by atoms with Crippen LogP contribution in [0.2, 0.25) is 0 Å². The third kappa shape index (κ3) is 3.75. The minimum atomic E-state index is -0.648. The summed E-state index contributed by atoms with van der Waals surface area (Å²) < 4.78 is 4.65. The van der Waals surface area contributed by atoms with Crippen LogP contribution in [-0.4, -0.2) is 34.4 Å². The first kappa shape index (κ1) is 13.0. The number of hydrogen-bond donors (Lipinski definition) is 2. The van der Waals surface area contributed by atoms with Crippen molar-refractivity contribution >= 4 is 11.8 Å². The number of hydrogen-bond acceptors (Lipinski definition) is 5. The normalized spacial score (nSPS) is 9.95. The lowest BCUT2D eigenvalue weighted by Crippen LogP contribution is -2.16. The lowest BCUT2D eigenvalue weighted by atomic mass is 10.2. The monoisotopic (exact) mass is 259 g/mol. The third-order valence-corrected chi connectivity index (χ3v) is 2.25. The van der Waals surface area contributed by atoms with E-state index in [1.54, 1.807) is 0 Å². The number of nitrogens with zero attached hydrogens (tertiary/aromatic N) is 2. The van der Waals surface area contributed by atoms with Gasteiger partial charge in [-0.3, -0.25) is 5.32 Å². The second kappa shape index (κ2) is 6.46. The van der Waals surface area contributed by atoms with Gasteiger partial charge in [-0.15, -0.1) is 0 Å². The molecule has 0 fully saturated rings. The Morgan fingerprint density at radius 1 is 1.21 bits per heavy atom. The summed E-state index contributed by atoms with van der Waals surface area (Å²) in [6, 6.07) is 9.51. The maximum Gasteiger partial charge on any atom is 0.411 e. The molecule has 0 aliphatic rings. The summed E-state index contributed by atoms with van der Waals surface area (Å²) in [4.78, 5) is 19.5. The van der Waals surface area contributed by atoms with Crippen LogP contribution in [0.25, 0.3) is 11.4 Å². The summed E-state index contributed by atoms with van der Waals surface area (Å²) >= 11 is 0. The topological polar surface area (TPSA) is 84.3 Å². The van der Waals surface area contributed by atoms with E-state index in [0.29, 0.717) is 11.5 Å². The van der Waals surface area contributed by atoms with E-state index < -0.39 is 6.09 Å². The molecular formula is C13H13N3O3. The molecule has 98 valence electrons. The molecule has 0 saturated carbocycles. The highest BCUT2D eigenvalue weighted by Gasteiger charge is 2.04. The van der Waals surface area contributed by atoms with Gasteiger partial charge in [-0.2, -0.15) is 0 Å². The number of carbonyl (C=O) groups excluding carboxylic acids is 1. The summed E-state index contributed by atoms with van der Waals surface area (Å²) in [5.74, 6) is 0.579. The zero-order chi connectivity index (χ0) is 13.5. The number of aromatic nitrogens is 2. The van der Waals surface area contributed by atoms with E-state index in [9.17, 15) is 4.79 Å². The van der Waals surface area contributed by atoms with E-state index in [0.717, 1.165) is 5.56 Å². The zero-order valence-corrected chi connectivity index (χ0v) is 10.1. The summed E-state index contributed by atoms with van der Waals surface area (Å²) in [6.07, 6.45) is 2.34. The number of amides is 1. The van der Waals surface area contributed by atoms with Gasteiger partial charge in [0.1, 0.15) is 6.61 Å².